The molecular formula is C12H11N3O. The second kappa shape index (κ2) is 3.48. The molecule has 1 aliphatic heterocycles. The van der Waals surface area contributed by atoms with Crippen LogP contribution >= 0.6 is 0 Å². The Kier molecular flexibility index (Phi) is 1.99. The van der Waals surface area contributed by atoms with Crippen LogP contribution in [-0.2, 0) is 6.42 Å². The zero-order valence-corrected chi connectivity index (χ0v) is 8.92. The molecule has 0 radical (unpaired) electrons. The topological polar surface area (TPSA) is 39.9 Å². The van der Waals surface area contributed by atoms with Gasteiger partial charge in [-0.2, -0.15) is 0 Å². The van der Waals surface area contributed by atoms with Crippen molar-refractivity contribution in [2.45, 2.75) is 6.42 Å². The van der Waals surface area contributed by atoms with Gasteiger partial charge in [0.05, 0.1) is 7.11 Å². The fourth-order valence-electron chi connectivity index (χ4n) is 1.90. The number of fused-ring (bicyclic) bond motifs is 2. The predicted molar refractivity (Wildman–Crippen MR) is 61.0 cm³/mol. The lowest BCUT2D eigenvalue weighted by Crippen LogP contribution is -1.98. The van der Waals surface area contributed by atoms with E-state index in [1.54, 1.807) is 7.11 Å². The lowest BCUT2D eigenvalue weighted by Gasteiger charge is -2.01. The normalized spacial score (nSPS) is 12.8. The fraction of sp³-hybridized carbons (Fsp3) is 0.167. The number of methoxy groups -OCH3 is 1. The van der Waals surface area contributed by atoms with Gasteiger partial charge in [0.15, 0.2) is 0 Å². The van der Waals surface area contributed by atoms with Gasteiger partial charge in [-0.1, -0.05) is 29.4 Å². The van der Waals surface area contributed by atoms with Gasteiger partial charge in [0, 0.05) is 12.6 Å². The number of hydrogen-bond acceptors (Lipinski definition) is 3. The lowest BCUT2D eigenvalue weighted by atomic mass is 10.1. The van der Waals surface area contributed by atoms with E-state index in [0.717, 1.165) is 12.2 Å². The van der Waals surface area contributed by atoms with Crippen molar-refractivity contribution < 1.29 is 4.74 Å². The van der Waals surface area contributed by atoms with E-state index in [2.05, 4.69) is 28.4 Å². The van der Waals surface area contributed by atoms with Crippen molar-refractivity contribution in [2.24, 2.45) is 0 Å². The Labute approximate surface area is 93.2 Å². The highest BCUT2D eigenvalue weighted by molar-refractivity contribution is 5.66. The van der Waals surface area contributed by atoms with Gasteiger partial charge in [0.1, 0.15) is 5.82 Å². The van der Waals surface area contributed by atoms with Crippen LogP contribution in [0.2, 0.25) is 0 Å². The van der Waals surface area contributed by atoms with Crippen LogP contribution in [0.25, 0.3) is 12.3 Å². The van der Waals surface area contributed by atoms with Gasteiger partial charge in [-0.3, -0.25) is 4.57 Å². The Morgan fingerprint density at radius 1 is 1.25 bits per heavy atom. The molecule has 2 heterocycles. The van der Waals surface area contributed by atoms with Crippen LogP contribution in [0.15, 0.2) is 24.3 Å². The summed E-state index contributed by atoms with van der Waals surface area (Å²) in [6.45, 7) is 0. The summed E-state index contributed by atoms with van der Waals surface area (Å²) in [6.07, 6.45) is 4.78. The molecule has 1 aromatic carbocycles. The first kappa shape index (κ1) is 9.15. The summed E-state index contributed by atoms with van der Waals surface area (Å²) in [6, 6.07) is 8.80. The molecule has 0 N–H and O–H groups in total. The average molecular weight is 213 g/mol. The summed E-state index contributed by atoms with van der Waals surface area (Å²) >= 11 is 0. The third-order valence-electron chi connectivity index (χ3n) is 2.72. The van der Waals surface area contributed by atoms with E-state index in [1.807, 2.05) is 22.9 Å². The summed E-state index contributed by atoms with van der Waals surface area (Å²) in [7, 11) is 1.60. The lowest BCUT2D eigenvalue weighted by molar-refractivity contribution is 0.373. The van der Waals surface area contributed by atoms with E-state index < -0.39 is 0 Å². The van der Waals surface area contributed by atoms with Crippen LogP contribution in [-0.4, -0.2) is 21.9 Å². The third-order valence-corrected chi connectivity index (χ3v) is 2.72. The molecule has 0 fully saturated rings. The second-order valence-electron chi connectivity index (χ2n) is 3.66. The summed E-state index contributed by atoms with van der Waals surface area (Å²) in [5.41, 5.74) is 2.47. The SMILES string of the molecule is COc1nnc2n1C=Cc1ccccc1C2. The molecule has 0 atom stereocenters. The van der Waals surface area contributed by atoms with Crippen LogP contribution in [0, 0.1) is 0 Å². The maximum absolute atomic E-state index is 5.15. The minimum absolute atomic E-state index is 0.527. The first-order valence-electron chi connectivity index (χ1n) is 5.12. The van der Waals surface area contributed by atoms with Gasteiger partial charge in [0.2, 0.25) is 0 Å². The van der Waals surface area contributed by atoms with Crippen molar-refractivity contribution in [3.63, 3.8) is 0 Å². The molecule has 0 saturated heterocycles. The standard InChI is InChI=1S/C12H11N3O/c1-16-12-14-13-11-8-10-5-3-2-4-9(10)6-7-15(11)12/h2-7H,8H2,1H3. The van der Waals surface area contributed by atoms with Crippen molar-refractivity contribution in [3.05, 3.63) is 41.2 Å². The van der Waals surface area contributed by atoms with Crippen molar-refractivity contribution >= 4 is 12.3 Å². The molecule has 0 saturated carbocycles. The third kappa shape index (κ3) is 1.31. The molecule has 0 amide bonds. The zero-order valence-electron chi connectivity index (χ0n) is 8.92. The molecule has 3 rings (SSSR count). The van der Waals surface area contributed by atoms with E-state index in [0.29, 0.717) is 6.01 Å². The quantitative estimate of drug-likeness (QED) is 0.619. The van der Waals surface area contributed by atoms with E-state index in [1.165, 1.54) is 11.1 Å². The van der Waals surface area contributed by atoms with Crippen LogP contribution in [0.1, 0.15) is 17.0 Å². The molecule has 2 aromatic rings. The van der Waals surface area contributed by atoms with Gasteiger partial charge in [0.25, 0.3) is 0 Å². The van der Waals surface area contributed by atoms with Crippen molar-refractivity contribution in [2.75, 3.05) is 7.11 Å². The van der Waals surface area contributed by atoms with Crippen LogP contribution < -0.4 is 4.74 Å². The Balaban J connectivity index is 2.14. The monoisotopic (exact) mass is 213 g/mol. The molecule has 0 spiro atoms. The van der Waals surface area contributed by atoms with Gasteiger partial charge in [-0.15, -0.1) is 5.10 Å². The average Bonchev–Trinajstić information content (AvgIpc) is 2.61. The number of benzene rings is 1. The van der Waals surface area contributed by atoms with Gasteiger partial charge >= 0.3 is 6.01 Å². The summed E-state index contributed by atoms with van der Waals surface area (Å²) in [5.74, 6) is 0.901. The highest BCUT2D eigenvalue weighted by Crippen LogP contribution is 2.22. The van der Waals surface area contributed by atoms with Gasteiger partial charge in [-0.25, -0.2) is 0 Å². The number of ether oxygens (including phenoxy) is 1. The highest BCUT2D eigenvalue weighted by atomic mass is 16.5. The van der Waals surface area contributed by atoms with Crippen molar-refractivity contribution in [1.82, 2.24) is 14.8 Å². The number of nitrogens with zero attached hydrogens (tertiary/aromatic N) is 3. The largest absolute Gasteiger partial charge is 0.467 e. The van der Waals surface area contributed by atoms with E-state index in [9.17, 15) is 0 Å². The molecule has 1 aliphatic rings. The first-order valence-corrected chi connectivity index (χ1v) is 5.12. The number of rotatable bonds is 1. The number of hydrogen-bond donors (Lipinski definition) is 0. The Morgan fingerprint density at radius 2 is 2.12 bits per heavy atom. The van der Waals surface area contributed by atoms with Crippen LogP contribution in [0.4, 0.5) is 0 Å². The van der Waals surface area contributed by atoms with Crippen molar-refractivity contribution in [1.29, 1.82) is 0 Å². The van der Waals surface area contributed by atoms with Crippen molar-refractivity contribution in [3.8, 4) is 6.01 Å². The molecule has 1 aromatic heterocycles. The predicted octanol–water partition coefficient (Wildman–Crippen LogP) is 1.82. The zero-order chi connectivity index (χ0) is 11.0. The maximum Gasteiger partial charge on any atom is 0.320 e. The summed E-state index contributed by atoms with van der Waals surface area (Å²) in [4.78, 5) is 0. The molecule has 0 unspecified atom stereocenters. The minimum atomic E-state index is 0.527. The summed E-state index contributed by atoms with van der Waals surface area (Å²) in [5, 5.41) is 8.09. The van der Waals surface area contributed by atoms with E-state index in [4.69, 9.17) is 4.74 Å². The smallest absolute Gasteiger partial charge is 0.320 e. The molecule has 4 heteroatoms. The summed E-state index contributed by atoms with van der Waals surface area (Å²) < 4.78 is 7.02. The molecule has 0 bridgehead atoms. The Hall–Kier alpha value is -2.10. The van der Waals surface area contributed by atoms with Crippen LogP contribution in [0.3, 0.4) is 0 Å². The molecule has 16 heavy (non-hydrogen) atoms. The first-order chi connectivity index (χ1) is 7.88. The fourth-order valence-corrected chi connectivity index (χ4v) is 1.90. The molecule has 0 aliphatic carbocycles. The Morgan fingerprint density at radius 3 is 3.00 bits per heavy atom. The highest BCUT2D eigenvalue weighted by Gasteiger charge is 2.14. The van der Waals surface area contributed by atoms with Gasteiger partial charge in [-0.05, 0) is 17.2 Å². The minimum Gasteiger partial charge on any atom is -0.467 e. The Bertz CT molecular complexity index is 557. The van der Waals surface area contributed by atoms with E-state index >= 15 is 0 Å². The van der Waals surface area contributed by atoms with Crippen LogP contribution in [0.5, 0.6) is 6.01 Å². The van der Waals surface area contributed by atoms with Gasteiger partial charge < -0.3 is 4.74 Å². The molecular weight excluding hydrogens is 202 g/mol. The maximum atomic E-state index is 5.15. The molecule has 80 valence electrons. The second-order valence-corrected chi connectivity index (χ2v) is 3.66. The molecule has 4 nitrogen and oxygen atoms in total. The van der Waals surface area contributed by atoms with E-state index in [-0.39, 0.29) is 0 Å². The number of aromatic nitrogens is 3.